The molecule has 0 aliphatic heterocycles. The number of aromatic nitrogens is 2. The lowest BCUT2D eigenvalue weighted by Gasteiger charge is -2.24. The minimum Gasteiger partial charge on any atom is -0.458 e. The predicted molar refractivity (Wildman–Crippen MR) is 93.1 cm³/mol. The first-order valence-corrected chi connectivity index (χ1v) is 8.14. The van der Waals surface area contributed by atoms with Crippen LogP contribution in [0.4, 0.5) is 5.95 Å². The van der Waals surface area contributed by atoms with Gasteiger partial charge in [0, 0.05) is 18.8 Å². The molecule has 5 nitrogen and oxygen atoms in total. The standard InChI is InChI=1S/C17H20BrN3O2/c1-17(2,3)23-15(22)14(9-12-7-5-4-6-8-12)21-16-19-10-13(18)11-20-16/h4-8,10-11,14H,9H2,1-3H3,(H,19,20,21)/t14-/m1/s1. The molecular weight excluding hydrogens is 358 g/mol. The predicted octanol–water partition coefficient (Wildman–Crippen LogP) is 3.60. The number of hydrogen-bond acceptors (Lipinski definition) is 5. The summed E-state index contributed by atoms with van der Waals surface area (Å²) in [4.78, 5) is 20.8. The summed E-state index contributed by atoms with van der Waals surface area (Å²) < 4.78 is 6.28. The molecule has 0 amide bonds. The summed E-state index contributed by atoms with van der Waals surface area (Å²) in [5, 5.41) is 3.06. The smallest absolute Gasteiger partial charge is 0.329 e. The van der Waals surface area contributed by atoms with E-state index in [9.17, 15) is 4.79 Å². The van der Waals surface area contributed by atoms with Crippen molar-refractivity contribution in [3.05, 3.63) is 52.8 Å². The van der Waals surface area contributed by atoms with Crippen LogP contribution in [0.5, 0.6) is 0 Å². The number of anilines is 1. The van der Waals surface area contributed by atoms with Crippen LogP contribution in [0, 0.1) is 0 Å². The van der Waals surface area contributed by atoms with Gasteiger partial charge in [0.05, 0.1) is 4.47 Å². The number of benzene rings is 1. The van der Waals surface area contributed by atoms with Crippen molar-refractivity contribution >= 4 is 27.8 Å². The number of nitrogens with one attached hydrogen (secondary N) is 1. The molecule has 0 fully saturated rings. The van der Waals surface area contributed by atoms with E-state index in [1.165, 1.54) is 0 Å². The Bertz CT molecular complexity index is 639. The minimum absolute atomic E-state index is 0.326. The van der Waals surface area contributed by atoms with Crippen molar-refractivity contribution in [1.29, 1.82) is 0 Å². The fraction of sp³-hybridized carbons (Fsp3) is 0.353. The first-order chi connectivity index (χ1) is 10.8. The minimum atomic E-state index is -0.558. The Morgan fingerprint density at radius 3 is 2.39 bits per heavy atom. The third kappa shape index (κ3) is 5.98. The number of carbonyl (C=O) groups excluding carboxylic acids is 1. The average Bonchev–Trinajstić information content (AvgIpc) is 2.48. The molecule has 6 heteroatoms. The number of nitrogens with zero attached hydrogens (tertiary/aromatic N) is 2. The van der Waals surface area contributed by atoms with Crippen molar-refractivity contribution in [2.45, 2.75) is 38.8 Å². The summed E-state index contributed by atoms with van der Waals surface area (Å²) in [7, 11) is 0. The van der Waals surface area contributed by atoms with E-state index in [2.05, 4.69) is 31.2 Å². The number of esters is 1. The van der Waals surface area contributed by atoms with Crippen LogP contribution in [0.15, 0.2) is 47.2 Å². The Balaban J connectivity index is 2.16. The van der Waals surface area contributed by atoms with Crippen LogP contribution in [-0.2, 0) is 16.0 Å². The van der Waals surface area contributed by atoms with Gasteiger partial charge in [-0.15, -0.1) is 0 Å². The van der Waals surface area contributed by atoms with E-state index >= 15 is 0 Å². The highest BCUT2D eigenvalue weighted by Crippen LogP contribution is 2.15. The summed E-state index contributed by atoms with van der Waals surface area (Å²) in [6.07, 6.45) is 3.75. The summed E-state index contributed by atoms with van der Waals surface area (Å²) >= 11 is 3.29. The fourth-order valence-electron chi connectivity index (χ4n) is 1.96. The molecule has 0 saturated heterocycles. The van der Waals surface area contributed by atoms with Gasteiger partial charge in [0.2, 0.25) is 5.95 Å². The highest BCUT2D eigenvalue weighted by Gasteiger charge is 2.26. The lowest BCUT2D eigenvalue weighted by molar-refractivity contribution is -0.155. The van der Waals surface area contributed by atoms with Crippen LogP contribution in [0.2, 0.25) is 0 Å². The monoisotopic (exact) mass is 377 g/mol. The van der Waals surface area contributed by atoms with Crippen LogP contribution < -0.4 is 5.32 Å². The maximum absolute atomic E-state index is 12.5. The molecule has 122 valence electrons. The molecule has 1 atom stereocenters. The molecule has 0 saturated carbocycles. The molecule has 1 heterocycles. The number of halogens is 1. The molecule has 0 aliphatic carbocycles. The van der Waals surface area contributed by atoms with E-state index < -0.39 is 11.6 Å². The number of rotatable bonds is 5. The molecular formula is C17H20BrN3O2. The van der Waals surface area contributed by atoms with Crippen LogP contribution in [0.25, 0.3) is 0 Å². The number of ether oxygens (including phenoxy) is 1. The van der Waals surface area contributed by atoms with Crippen molar-refractivity contribution in [3.8, 4) is 0 Å². The Kier molecular flexibility index (Phi) is 5.71. The molecule has 1 aromatic heterocycles. The lowest BCUT2D eigenvalue weighted by atomic mass is 10.1. The zero-order valence-electron chi connectivity index (χ0n) is 13.4. The van der Waals surface area contributed by atoms with E-state index in [-0.39, 0.29) is 5.97 Å². The van der Waals surface area contributed by atoms with E-state index in [1.807, 2.05) is 51.1 Å². The lowest BCUT2D eigenvalue weighted by Crippen LogP contribution is -2.38. The summed E-state index contributed by atoms with van der Waals surface area (Å²) in [5.41, 5.74) is 0.488. The van der Waals surface area contributed by atoms with Gasteiger partial charge in [-0.05, 0) is 42.3 Å². The third-order valence-corrected chi connectivity index (χ3v) is 3.31. The van der Waals surface area contributed by atoms with Gasteiger partial charge in [-0.1, -0.05) is 30.3 Å². The van der Waals surface area contributed by atoms with Gasteiger partial charge in [-0.3, -0.25) is 0 Å². The van der Waals surface area contributed by atoms with Gasteiger partial charge >= 0.3 is 5.97 Å². The highest BCUT2D eigenvalue weighted by molar-refractivity contribution is 9.10. The average molecular weight is 378 g/mol. The topological polar surface area (TPSA) is 64.1 Å². The van der Waals surface area contributed by atoms with Crippen molar-refractivity contribution in [1.82, 2.24) is 9.97 Å². The van der Waals surface area contributed by atoms with Gasteiger partial charge in [0.25, 0.3) is 0 Å². The largest absolute Gasteiger partial charge is 0.458 e. The van der Waals surface area contributed by atoms with E-state index in [4.69, 9.17) is 4.74 Å². The van der Waals surface area contributed by atoms with E-state index in [0.29, 0.717) is 12.4 Å². The Morgan fingerprint density at radius 1 is 1.22 bits per heavy atom. The second-order valence-corrected chi connectivity index (χ2v) is 7.06. The molecule has 2 aromatic rings. The second kappa shape index (κ2) is 7.55. The van der Waals surface area contributed by atoms with Crippen molar-refractivity contribution in [2.24, 2.45) is 0 Å². The van der Waals surface area contributed by atoms with Crippen molar-refractivity contribution in [2.75, 3.05) is 5.32 Å². The Labute approximate surface area is 144 Å². The third-order valence-electron chi connectivity index (χ3n) is 2.90. The molecule has 1 aromatic carbocycles. The molecule has 2 rings (SSSR count). The van der Waals surface area contributed by atoms with Crippen molar-refractivity contribution in [3.63, 3.8) is 0 Å². The molecule has 0 radical (unpaired) electrons. The molecule has 0 aliphatic rings. The van der Waals surface area contributed by atoms with E-state index in [1.54, 1.807) is 12.4 Å². The normalized spacial score (nSPS) is 12.5. The molecule has 0 spiro atoms. The van der Waals surface area contributed by atoms with Crippen LogP contribution >= 0.6 is 15.9 Å². The maximum Gasteiger partial charge on any atom is 0.329 e. The molecule has 0 bridgehead atoms. The van der Waals surface area contributed by atoms with Gasteiger partial charge in [-0.2, -0.15) is 0 Å². The van der Waals surface area contributed by atoms with E-state index in [0.717, 1.165) is 10.0 Å². The Hall–Kier alpha value is -1.95. The number of carbonyl (C=O) groups is 1. The van der Waals surface area contributed by atoms with Crippen LogP contribution in [-0.4, -0.2) is 27.6 Å². The van der Waals surface area contributed by atoms with Gasteiger partial charge in [0.1, 0.15) is 11.6 Å². The zero-order chi connectivity index (χ0) is 16.9. The van der Waals surface area contributed by atoms with Crippen LogP contribution in [0.1, 0.15) is 26.3 Å². The quantitative estimate of drug-likeness (QED) is 0.806. The maximum atomic E-state index is 12.5. The molecule has 1 N–H and O–H groups in total. The summed E-state index contributed by atoms with van der Waals surface area (Å²) in [6, 6.07) is 9.22. The fourth-order valence-corrected chi connectivity index (χ4v) is 2.16. The summed E-state index contributed by atoms with van der Waals surface area (Å²) in [5.74, 6) is 0.0628. The first kappa shape index (κ1) is 17.4. The highest BCUT2D eigenvalue weighted by atomic mass is 79.9. The van der Waals surface area contributed by atoms with Gasteiger partial charge < -0.3 is 10.1 Å². The zero-order valence-corrected chi connectivity index (χ0v) is 15.0. The van der Waals surface area contributed by atoms with Crippen LogP contribution in [0.3, 0.4) is 0 Å². The molecule has 23 heavy (non-hydrogen) atoms. The number of hydrogen-bond donors (Lipinski definition) is 1. The van der Waals surface area contributed by atoms with Crippen molar-refractivity contribution < 1.29 is 9.53 Å². The van der Waals surface area contributed by atoms with Gasteiger partial charge in [0.15, 0.2) is 0 Å². The van der Waals surface area contributed by atoms with Gasteiger partial charge in [-0.25, -0.2) is 14.8 Å². The second-order valence-electron chi connectivity index (χ2n) is 6.15. The SMILES string of the molecule is CC(C)(C)OC(=O)[C@@H](Cc1ccccc1)Nc1ncc(Br)cn1. The summed E-state index contributed by atoms with van der Waals surface area (Å²) in [6.45, 7) is 5.54. The Morgan fingerprint density at radius 2 is 1.83 bits per heavy atom. The molecule has 0 unspecified atom stereocenters. The first-order valence-electron chi connectivity index (χ1n) is 7.34.